The number of carboxylic acid groups (broad SMARTS) is 2. The van der Waals surface area contributed by atoms with Crippen molar-refractivity contribution >= 4 is 24.2 Å². The normalized spacial score (nSPS) is 18.1. The van der Waals surface area contributed by atoms with Crippen molar-refractivity contribution in [2.45, 2.75) is 25.7 Å². The maximum absolute atomic E-state index is 10.9. The van der Waals surface area contributed by atoms with Gasteiger partial charge in [-0.05, 0) is 73.0 Å². The lowest BCUT2D eigenvalue weighted by atomic mass is 10.3. The number of nitrogens with one attached hydrogen (secondary N) is 1. The van der Waals surface area contributed by atoms with Gasteiger partial charge in [0.2, 0.25) is 0 Å². The summed E-state index contributed by atoms with van der Waals surface area (Å²) in [5.74, 6) is -1.47. The molecule has 2 aliphatic rings. The number of carbonyl (C=O) groups is 2. The first kappa shape index (κ1) is 44.5. The predicted octanol–water partition coefficient (Wildman–Crippen LogP) is -2.19. The third kappa shape index (κ3) is 29.8. The molecule has 0 aliphatic carbocycles. The fourth-order valence-electron chi connectivity index (χ4n) is 4.75. The van der Waals surface area contributed by atoms with Gasteiger partial charge in [0.15, 0.2) is 0 Å². The zero-order valence-electron chi connectivity index (χ0n) is 27.7. The second kappa shape index (κ2) is 31.4. The number of likely N-dealkylation sites (N-methyl/N-ethyl adjacent to an activating group) is 2. The third-order valence-electron chi connectivity index (χ3n) is 7.45. The lowest BCUT2D eigenvalue weighted by Gasteiger charge is -2.24. The molecule has 0 spiro atoms. The third-order valence-corrected chi connectivity index (χ3v) is 7.45. The van der Waals surface area contributed by atoms with Crippen LogP contribution in [0.3, 0.4) is 0 Å². The van der Waals surface area contributed by atoms with E-state index in [0.29, 0.717) is 0 Å². The van der Waals surface area contributed by atoms with Gasteiger partial charge in [-0.3, -0.25) is 19.4 Å². The fourth-order valence-corrected chi connectivity index (χ4v) is 4.75. The van der Waals surface area contributed by atoms with Crippen LogP contribution in [0.25, 0.3) is 0 Å². The molecule has 0 atom stereocenters. The van der Waals surface area contributed by atoms with Crippen molar-refractivity contribution in [1.82, 2.24) is 34.7 Å². The number of carbonyl (C=O) groups excluding carboxylic acids is 4. The zero-order chi connectivity index (χ0) is 34.3. The van der Waals surface area contributed by atoms with E-state index in [9.17, 15) is 9.59 Å². The van der Waals surface area contributed by atoms with Crippen molar-refractivity contribution in [3.8, 4) is 0 Å². The van der Waals surface area contributed by atoms with Crippen LogP contribution in [-0.4, -0.2) is 203 Å². The molecule has 16 nitrogen and oxygen atoms in total. The van der Waals surface area contributed by atoms with Crippen LogP contribution in [0.5, 0.6) is 0 Å². The Kier molecular flexibility index (Phi) is 31.0. The van der Waals surface area contributed by atoms with Crippen LogP contribution in [0.4, 0.5) is 0 Å². The summed E-state index contributed by atoms with van der Waals surface area (Å²) in [6, 6.07) is 0. The molecule has 45 heavy (non-hydrogen) atoms. The molecule has 0 bridgehead atoms. The summed E-state index contributed by atoms with van der Waals surface area (Å²) in [5.41, 5.74) is 5.52. The molecule has 2 fully saturated rings. The molecule has 0 aromatic rings. The van der Waals surface area contributed by atoms with Crippen molar-refractivity contribution in [2.24, 2.45) is 5.73 Å². The molecule has 2 heterocycles. The van der Waals surface area contributed by atoms with Crippen LogP contribution in [-0.2, 0) is 28.8 Å². The van der Waals surface area contributed by atoms with Crippen molar-refractivity contribution < 1.29 is 39.0 Å². The molecule has 2 saturated heterocycles. The van der Waals surface area contributed by atoms with E-state index in [1.54, 1.807) is 0 Å². The first-order valence-corrected chi connectivity index (χ1v) is 15.6. The van der Waals surface area contributed by atoms with Crippen LogP contribution in [0.1, 0.15) is 25.7 Å². The highest BCUT2D eigenvalue weighted by Crippen LogP contribution is 2.02. The lowest BCUT2D eigenvalue weighted by Crippen LogP contribution is -2.39. The van der Waals surface area contributed by atoms with Gasteiger partial charge in [0, 0.05) is 78.5 Å². The monoisotopic (exact) mass is 646 g/mol. The topological polar surface area (TPSA) is 200 Å². The minimum Gasteiger partial charge on any atom is -0.480 e. The van der Waals surface area contributed by atoms with Gasteiger partial charge in [-0.15, -0.1) is 0 Å². The van der Waals surface area contributed by atoms with Gasteiger partial charge in [-0.2, -0.15) is 19.2 Å². The number of nitrogens with two attached hydrogens (primary N) is 1. The average Bonchev–Trinajstić information content (AvgIpc) is 3.12. The number of carboxylic acids is 2. The molecule has 0 unspecified atom stereocenters. The van der Waals surface area contributed by atoms with Crippen LogP contribution < -0.4 is 11.1 Å². The standard InChI is InChI=1S/C14H30N4O2.C13H28N4O2.2CO2/c1-15-5-3-4-6-17-9-7-16(2)8-10-18(12-11-17)13-14(19)20;1-15-6-8-16(5-3-2-4-14)10-11-17(9-7-15)12-13(18)19;2*2-1-3/h15H,3-13H2,1-2H3,(H,19,20);2-12,14H2,1H3,(H,18,19);;. The predicted molar refractivity (Wildman–Crippen MR) is 167 cm³/mol. The Morgan fingerprint density at radius 3 is 1.24 bits per heavy atom. The highest BCUT2D eigenvalue weighted by atomic mass is 16.4. The van der Waals surface area contributed by atoms with Crippen molar-refractivity contribution in [3.63, 3.8) is 0 Å². The second-order valence-electron chi connectivity index (χ2n) is 11.1. The van der Waals surface area contributed by atoms with Gasteiger partial charge in [0.05, 0.1) is 13.1 Å². The van der Waals surface area contributed by atoms with Gasteiger partial charge in [-0.1, -0.05) is 0 Å². The number of unbranched alkanes of at least 4 members (excludes halogenated alkanes) is 2. The van der Waals surface area contributed by atoms with Gasteiger partial charge in [0.25, 0.3) is 0 Å². The maximum atomic E-state index is 10.9. The summed E-state index contributed by atoms with van der Waals surface area (Å²) in [6.45, 7) is 15.7. The molecule has 2 aliphatic heterocycles. The van der Waals surface area contributed by atoms with Gasteiger partial charge in [-0.25, -0.2) is 0 Å². The summed E-state index contributed by atoms with van der Waals surface area (Å²) >= 11 is 0. The van der Waals surface area contributed by atoms with Gasteiger partial charge >= 0.3 is 24.2 Å². The molecule has 262 valence electrons. The van der Waals surface area contributed by atoms with E-state index in [0.717, 1.165) is 118 Å². The largest absolute Gasteiger partial charge is 0.480 e. The van der Waals surface area contributed by atoms with E-state index in [4.69, 9.17) is 35.1 Å². The van der Waals surface area contributed by atoms with E-state index < -0.39 is 11.9 Å². The minimum atomic E-state index is -0.739. The second-order valence-corrected chi connectivity index (χ2v) is 11.1. The molecule has 16 heteroatoms. The van der Waals surface area contributed by atoms with Crippen LogP contribution >= 0.6 is 0 Å². The minimum absolute atomic E-state index is 0.143. The zero-order valence-corrected chi connectivity index (χ0v) is 27.7. The molecular formula is C29H58N8O8. The Morgan fingerprint density at radius 1 is 0.600 bits per heavy atom. The summed E-state index contributed by atoms with van der Waals surface area (Å²) < 4.78 is 0. The lowest BCUT2D eigenvalue weighted by molar-refractivity contribution is -0.193. The highest BCUT2D eigenvalue weighted by Gasteiger charge is 2.17. The first-order valence-electron chi connectivity index (χ1n) is 15.6. The van der Waals surface area contributed by atoms with E-state index in [-0.39, 0.29) is 25.4 Å². The summed E-state index contributed by atoms with van der Waals surface area (Å²) in [5, 5.41) is 21.0. The van der Waals surface area contributed by atoms with Gasteiger partial charge < -0.3 is 40.9 Å². The number of aliphatic carboxylic acids is 2. The molecule has 0 radical (unpaired) electrons. The highest BCUT2D eigenvalue weighted by molar-refractivity contribution is 5.69. The molecule has 2 rings (SSSR count). The first-order chi connectivity index (χ1) is 21.6. The Morgan fingerprint density at radius 2 is 0.911 bits per heavy atom. The smallest absolute Gasteiger partial charge is 0.373 e. The molecular weight excluding hydrogens is 588 g/mol. The van der Waals surface area contributed by atoms with E-state index in [2.05, 4.69) is 39.0 Å². The quantitative estimate of drug-likeness (QED) is 0.157. The van der Waals surface area contributed by atoms with Crippen LogP contribution in [0, 0.1) is 0 Å². The molecule has 0 saturated carbocycles. The molecule has 5 N–H and O–H groups in total. The van der Waals surface area contributed by atoms with Crippen molar-refractivity contribution in [3.05, 3.63) is 0 Å². The van der Waals surface area contributed by atoms with Crippen LogP contribution in [0.15, 0.2) is 0 Å². The number of nitrogens with zero attached hydrogens (tertiary/aromatic N) is 6. The average molecular weight is 647 g/mol. The Balaban J connectivity index is 0. The SMILES string of the molecule is CN1CCN(CCCCN)CCN(CC(=O)O)CC1.CNCCCCN1CCN(C)CCN(CC(=O)O)CC1.O=C=O.O=C=O. The van der Waals surface area contributed by atoms with Gasteiger partial charge in [0.1, 0.15) is 0 Å². The summed E-state index contributed by atoms with van der Waals surface area (Å²) in [7, 11) is 6.20. The van der Waals surface area contributed by atoms with E-state index in [1.807, 2.05) is 16.8 Å². The number of rotatable bonds is 13. The summed E-state index contributed by atoms with van der Waals surface area (Å²) in [6.07, 6.45) is 5.08. The molecule has 0 aromatic heterocycles. The van der Waals surface area contributed by atoms with E-state index in [1.165, 1.54) is 12.8 Å². The van der Waals surface area contributed by atoms with Crippen molar-refractivity contribution in [2.75, 3.05) is 139 Å². The fraction of sp³-hybridized carbons (Fsp3) is 0.862. The number of hydrogen-bond donors (Lipinski definition) is 4. The Bertz CT molecular complexity index is 801. The van der Waals surface area contributed by atoms with E-state index >= 15 is 0 Å². The van der Waals surface area contributed by atoms with Crippen LogP contribution in [0.2, 0.25) is 0 Å². The van der Waals surface area contributed by atoms with Crippen molar-refractivity contribution in [1.29, 1.82) is 0 Å². The maximum Gasteiger partial charge on any atom is 0.373 e. The Labute approximate surface area is 268 Å². The molecule has 0 amide bonds. The Hall–Kier alpha value is -2.62. The molecule has 0 aromatic carbocycles. The number of hydrogen-bond acceptors (Lipinski definition) is 14. The summed E-state index contributed by atoms with van der Waals surface area (Å²) in [4.78, 5) is 67.8.